The summed E-state index contributed by atoms with van der Waals surface area (Å²) in [5, 5.41) is 0. The summed E-state index contributed by atoms with van der Waals surface area (Å²) in [5.74, 6) is 0.952. The Kier molecular flexibility index (Phi) is 3.39. The van der Waals surface area contributed by atoms with Crippen LogP contribution in [0.25, 0.3) is 11.6 Å². The lowest BCUT2D eigenvalue weighted by molar-refractivity contribution is 0.180. The molecule has 0 aromatic carbocycles. The number of hydrogen-bond acceptors (Lipinski definition) is 4. The van der Waals surface area contributed by atoms with Crippen molar-refractivity contribution in [2.24, 2.45) is 0 Å². The molecule has 0 bridgehead atoms. The van der Waals surface area contributed by atoms with Crippen LogP contribution in [-0.2, 0) is 11.3 Å². The Bertz CT molecular complexity index is 533. The summed E-state index contributed by atoms with van der Waals surface area (Å²) in [6.45, 7) is 0.301. The number of halogens is 1. The highest BCUT2D eigenvalue weighted by atomic mass is 127. The molecule has 6 heteroatoms. The first-order valence-electron chi connectivity index (χ1n) is 4.54. The van der Waals surface area contributed by atoms with E-state index < -0.39 is 0 Å². The van der Waals surface area contributed by atoms with Crippen LogP contribution in [0.15, 0.2) is 27.6 Å². The van der Waals surface area contributed by atoms with Gasteiger partial charge in [-0.2, -0.15) is 0 Å². The van der Waals surface area contributed by atoms with Gasteiger partial charge in [-0.15, -0.1) is 0 Å². The molecule has 0 unspecified atom stereocenters. The molecule has 2 aromatic rings. The minimum Gasteiger partial charge on any atom is -0.461 e. The van der Waals surface area contributed by atoms with Gasteiger partial charge < -0.3 is 14.1 Å². The Morgan fingerprint density at radius 3 is 3.06 bits per heavy atom. The molecule has 0 saturated heterocycles. The van der Waals surface area contributed by atoms with Gasteiger partial charge in [0.2, 0.25) is 0 Å². The predicted molar refractivity (Wildman–Crippen MR) is 66.0 cm³/mol. The second-order valence-electron chi connectivity index (χ2n) is 3.09. The highest BCUT2D eigenvalue weighted by Gasteiger charge is 2.11. The van der Waals surface area contributed by atoms with Crippen LogP contribution in [0.1, 0.15) is 5.69 Å². The number of ether oxygens (including phenoxy) is 1. The third-order valence-corrected chi connectivity index (χ3v) is 3.08. The van der Waals surface area contributed by atoms with Crippen LogP contribution < -0.4 is 5.56 Å². The summed E-state index contributed by atoms with van der Waals surface area (Å²) in [6.07, 6.45) is 1.53. The number of aromatic amines is 1. The number of rotatable bonds is 3. The molecule has 0 aliphatic carbocycles. The Morgan fingerprint density at radius 2 is 2.44 bits per heavy atom. The fourth-order valence-electron chi connectivity index (χ4n) is 1.27. The highest BCUT2D eigenvalue weighted by molar-refractivity contribution is 14.1. The highest BCUT2D eigenvalue weighted by Crippen LogP contribution is 2.15. The number of hydrogen-bond donors (Lipinski definition) is 1. The van der Waals surface area contributed by atoms with E-state index >= 15 is 0 Å². The van der Waals surface area contributed by atoms with Crippen LogP contribution in [0.5, 0.6) is 0 Å². The second kappa shape index (κ2) is 4.79. The van der Waals surface area contributed by atoms with E-state index in [1.807, 2.05) is 22.6 Å². The maximum absolute atomic E-state index is 11.6. The molecule has 2 aromatic heterocycles. The minimum absolute atomic E-state index is 0.186. The van der Waals surface area contributed by atoms with E-state index in [2.05, 4.69) is 9.97 Å². The molecule has 84 valence electrons. The van der Waals surface area contributed by atoms with Gasteiger partial charge in [0.25, 0.3) is 5.56 Å². The monoisotopic (exact) mass is 332 g/mol. The molecule has 0 spiro atoms. The van der Waals surface area contributed by atoms with Crippen molar-refractivity contribution >= 4 is 22.6 Å². The van der Waals surface area contributed by atoms with Gasteiger partial charge in [0.1, 0.15) is 3.57 Å². The largest absolute Gasteiger partial charge is 0.461 e. The fourth-order valence-corrected chi connectivity index (χ4v) is 1.68. The Labute approximate surface area is 105 Å². The summed E-state index contributed by atoms with van der Waals surface area (Å²) < 4.78 is 10.7. The summed E-state index contributed by atoms with van der Waals surface area (Å²) in [5.41, 5.74) is 0.423. The van der Waals surface area contributed by atoms with Crippen molar-refractivity contribution in [3.63, 3.8) is 0 Å². The molecular formula is C10H9IN2O3. The zero-order valence-electron chi connectivity index (χ0n) is 8.49. The van der Waals surface area contributed by atoms with Crippen molar-refractivity contribution in [3.05, 3.63) is 38.0 Å². The van der Waals surface area contributed by atoms with Gasteiger partial charge in [0, 0.05) is 7.11 Å². The third-order valence-electron chi connectivity index (χ3n) is 1.97. The lowest BCUT2D eigenvalue weighted by atomic mass is 10.3. The molecule has 16 heavy (non-hydrogen) atoms. The SMILES string of the molecule is COCc1nc(-c2ccco2)[nH]c(=O)c1I. The van der Waals surface area contributed by atoms with Gasteiger partial charge >= 0.3 is 0 Å². The van der Waals surface area contributed by atoms with Crippen LogP contribution in [0.2, 0.25) is 0 Å². The Balaban J connectivity index is 2.53. The van der Waals surface area contributed by atoms with Gasteiger partial charge in [0.15, 0.2) is 11.6 Å². The quantitative estimate of drug-likeness (QED) is 0.870. The number of methoxy groups -OCH3 is 1. The molecule has 5 nitrogen and oxygen atoms in total. The van der Waals surface area contributed by atoms with Crippen LogP contribution in [0.4, 0.5) is 0 Å². The normalized spacial score (nSPS) is 10.6. The number of furan rings is 1. The molecule has 0 atom stereocenters. The van der Waals surface area contributed by atoms with Gasteiger partial charge in [-0.05, 0) is 34.7 Å². The van der Waals surface area contributed by atoms with Crippen LogP contribution in [-0.4, -0.2) is 17.1 Å². The van der Waals surface area contributed by atoms with Gasteiger partial charge in [-0.3, -0.25) is 4.79 Å². The van der Waals surface area contributed by atoms with Crippen molar-refractivity contribution in [2.45, 2.75) is 6.61 Å². The van der Waals surface area contributed by atoms with E-state index in [0.29, 0.717) is 27.5 Å². The summed E-state index contributed by atoms with van der Waals surface area (Å²) in [6, 6.07) is 3.48. The molecule has 0 aliphatic rings. The molecule has 0 amide bonds. The molecule has 0 aliphatic heterocycles. The van der Waals surface area contributed by atoms with E-state index in [1.165, 1.54) is 6.26 Å². The molecule has 2 rings (SSSR count). The molecule has 0 radical (unpaired) electrons. The third kappa shape index (κ3) is 2.17. The number of aromatic nitrogens is 2. The van der Waals surface area contributed by atoms with Crippen molar-refractivity contribution in [1.29, 1.82) is 0 Å². The average molecular weight is 332 g/mol. The standard InChI is InChI=1S/C10H9IN2O3/c1-15-5-6-8(11)10(14)13-9(12-6)7-3-2-4-16-7/h2-4H,5H2,1H3,(H,12,13,14). The first kappa shape index (κ1) is 11.3. The Hall–Kier alpha value is -1.15. The fraction of sp³-hybridized carbons (Fsp3) is 0.200. The van der Waals surface area contributed by atoms with E-state index in [1.54, 1.807) is 19.2 Å². The smallest absolute Gasteiger partial charge is 0.265 e. The van der Waals surface area contributed by atoms with Crippen molar-refractivity contribution < 1.29 is 9.15 Å². The second-order valence-corrected chi connectivity index (χ2v) is 4.16. The molecule has 0 fully saturated rings. The van der Waals surface area contributed by atoms with Gasteiger partial charge in [-0.25, -0.2) is 4.98 Å². The first-order valence-corrected chi connectivity index (χ1v) is 5.61. The lowest BCUT2D eigenvalue weighted by Gasteiger charge is -2.03. The summed E-state index contributed by atoms with van der Waals surface area (Å²) >= 11 is 1.95. The van der Waals surface area contributed by atoms with Crippen molar-refractivity contribution in [2.75, 3.05) is 7.11 Å². The van der Waals surface area contributed by atoms with Gasteiger partial charge in [-0.1, -0.05) is 0 Å². The lowest BCUT2D eigenvalue weighted by Crippen LogP contribution is -2.16. The van der Waals surface area contributed by atoms with Gasteiger partial charge in [0.05, 0.1) is 18.6 Å². The number of nitrogens with zero attached hydrogens (tertiary/aromatic N) is 1. The number of H-pyrrole nitrogens is 1. The molecular weight excluding hydrogens is 323 g/mol. The van der Waals surface area contributed by atoms with E-state index in [0.717, 1.165) is 0 Å². The average Bonchev–Trinajstić information content (AvgIpc) is 2.78. The molecule has 1 N–H and O–H groups in total. The van der Waals surface area contributed by atoms with E-state index in [4.69, 9.17) is 9.15 Å². The van der Waals surface area contributed by atoms with Crippen LogP contribution in [0, 0.1) is 3.57 Å². The van der Waals surface area contributed by atoms with E-state index in [9.17, 15) is 4.79 Å². The minimum atomic E-state index is -0.186. The zero-order chi connectivity index (χ0) is 11.5. The predicted octanol–water partition coefficient (Wildman–Crippen LogP) is 1.78. The molecule has 2 heterocycles. The summed E-state index contributed by atoms with van der Waals surface area (Å²) in [4.78, 5) is 18.6. The van der Waals surface area contributed by atoms with Crippen LogP contribution >= 0.6 is 22.6 Å². The maximum atomic E-state index is 11.6. The van der Waals surface area contributed by atoms with Crippen LogP contribution in [0.3, 0.4) is 0 Å². The topological polar surface area (TPSA) is 68.1 Å². The van der Waals surface area contributed by atoms with Crippen molar-refractivity contribution in [1.82, 2.24) is 9.97 Å². The first-order chi connectivity index (χ1) is 7.72. The maximum Gasteiger partial charge on any atom is 0.265 e. The van der Waals surface area contributed by atoms with Crippen molar-refractivity contribution in [3.8, 4) is 11.6 Å². The van der Waals surface area contributed by atoms with E-state index in [-0.39, 0.29) is 5.56 Å². The zero-order valence-corrected chi connectivity index (χ0v) is 10.6. The Morgan fingerprint density at radius 1 is 1.62 bits per heavy atom. The summed E-state index contributed by atoms with van der Waals surface area (Å²) in [7, 11) is 1.56. The number of nitrogens with one attached hydrogen (secondary N) is 1. The molecule has 0 saturated carbocycles.